The van der Waals surface area contributed by atoms with Crippen molar-refractivity contribution in [3.05, 3.63) is 39.1 Å². The van der Waals surface area contributed by atoms with Crippen LogP contribution in [0.5, 0.6) is 0 Å². The van der Waals surface area contributed by atoms with Gasteiger partial charge in [0.15, 0.2) is 5.52 Å². The van der Waals surface area contributed by atoms with Crippen LogP contribution in [0.2, 0.25) is 0 Å². The van der Waals surface area contributed by atoms with Crippen molar-refractivity contribution >= 4 is 46.6 Å². The van der Waals surface area contributed by atoms with Crippen molar-refractivity contribution in [1.82, 2.24) is 0 Å². The second-order valence-corrected chi connectivity index (χ2v) is 6.12. The maximum Gasteiger partial charge on any atom is 1.00 e. The zero-order valence-corrected chi connectivity index (χ0v) is 14.9. The molecule has 1 aromatic carbocycles. The van der Waals surface area contributed by atoms with Crippen LogP contribution >= 0.6 is 41.1 Å². The van der Waals surface area contributed by atoms with Crippen LogP contribution in [0.3, 0.4) is 0 Å². The standard InChI is InChI=1S/C7H5Br2OP.C6H11.Li/c8-4-2-1-3-5(9)6(4)7(10)11;1-2-4-6-5-3-1;/h1-3H,11H2;1H,2-6H2;/q;-1;+1. The van der Waals surface area contributed by atoms with Crippen LogP contribution in [0.25, 0.3) is 0 Å². The van der Waals surface area contributed by atoms with Gasteiger partial charge in [-0.1, -0.05) is 34.6 Å². The first kappa shape index (κ1) is 18.9. The maximum absolute atomic E-state index is 11.0. The summed E-state index contributed by atoms with van der Waals surface area (Å²) < 4.78 is 1.62. The SMILES string of the molecule is O=C(P)c1c(Br)cccc1Br.[CH-]1CCCCC1.[Li+]. The van der Waals surface area contributed by atoms with E-state index >= 15 is 0 Å². The zero-order valence-electron chi connectivity index (χ0n) is 10.6. The monoisotopic (exact) mass is 384 g/mol. The summed E-state index contributed by atoms with van der Waals surface area (Å²) in [5.41, 5.74) is 0.641. The fraction of sp³-hybridized carbons (Fsp3) is 0.385. The minimum atomic E-state index is -0.0237. The number of hydrogen-bond donors (Lipinski definition) is 0. The molecular weight excluding hydrogens is 370 g/mol. The molecule has 0 saturated heterocycles. The molecule has 1 nitrogen and oxygen atoms in total. The fourth-order valence-electron chi connectivity index (χ4n) is 1.63. The minimum absolute atomic E-state index is 0. The third kappa shape index (κ3) is 6.87. The molecule has 0 radical (unpaired) electrons. The maximum atomic E-state index is 11.0. The van der Waals surface area contributed by atoms with E-state index in [0.717, 1.165) is 8.95 Å². The van der Waals surface area contributed by atoms with Gasteiger partial charge in [-0.3, -0.25) is 4.79 Å². The van der Waals surface area contributed by atoms with E-state index in [1.165, 1.54) is 32.1 Å². The normalized spacial score (nSPS) is 13.9. The third-order valence-corrected chi connectivity index (χ3v) is 4.14. The predicted octanol–water partition coefficient (Wildman–Crippen LogP) is 2.39. The zero-order chi connectivity index (χ0) is 12.7. The van der Waals surface area contributed by atoms with Crippen molar-refractivity contribution in [2.75, 3.05) is 0 Å². The van der Waals surface area contributed by atoms with Gasteiger partial charge in [0, 0.05) is 14.5 Å². The van der Waals surface area contributed by atoms with Crippen molar-refractivity contribution in [3.8, 4) is 0 Å². The molecule has 0 bridgehead atoms. The molecule has 1 fully saturated rings. The van der Waals surface area contributed by atoms with E-state index in [-0.39, 0.29) is 24.4 Å². The van der Waals surface area contributed by atoms with Crippen LogP contribution in [0, 0.1) is 6.42 Å². The summed E-state index contributed by atoms with van der Waals surface area (Å²) in [6.45, 7) is 0. The molecule has 1 saturated carbocycles. The van der Waals surface area contributed by atoms with Gasteiger partial charge in [0.25, 0.3) is 0 Å². The summed E-state index contributed by atoms with van der Waals surface area (Å²) in [7, 11) is 2.14. The molecule has 1 aromatic rings. The molecule has 94 valence electrons. The molecule has 1 unspecified atom stereocenters. The first-order valence-corrected chi connectivity index (χ1v) is 7.84. The minimum Gasteiger partial charge on any atom is -0.328 e. The molecule has 1 aliphatic rings. The van der Waals surface area contributed by atoms with Gasteiger partial charge in [0.1, 0.15) is 0 Å². The molecule has 0 aromatic heterocycles. The molecule has 5 heteroatoms. The number of rotatable bonds is 1. The van der Waals surface area contributed by atoms with Crippen LogP contribution in [0.1, 0.15) is 42.5 Å². The average Bonchev–Trinajstić information content (AvgIpc) is 2.31. The molecular formula is C13H16Br2LiOP. The van der Waals surface area contributed by atoms with Crippen LogP contribution in [-0.2, 0) is 0 Å². The largest absolute Gasteiger partial charge is 1.00 e. The van der Waals surface area contributed by atoms with Crippen LogP contribution in [0.15, 0.2) is 27.1 Å². The molecule has 1 aliphatic carbocycles. The molecule has 0 spiro atoms. The van der Waals surface area contributed by atoms with Crippen LogP contribution in [-0.4, -0.2) is 5.52 Å². The molecule has 0 heterocycles. The molecule has 0 N–H and O–H groups in total. The number of halogens is 2. The number of benzene rings is 1. The topological polar surface area (TPSA) is 17.1 Å². The van der Waals surface area contributed by atoms with Gasteiger partial charge in [-0.15, -0.1) is 0 Å². The molecule has 2 rings (SSSR count). The Labute approximate surface area is 141 Å². The summed E-state index contributed by atoms with van der Waals surface area (Å²) in [6.07, 6.45) is 9.50. The van der Waals surface area contributed by atoms with Gasteiger partial charge in [-0.2, -0.15) is 12.8 Å². The van der Waals surface area contributed by atoms with Crippen LogP contribution < -0.4 is 18.9 Å². The van der Waals surface area contributed by atoms with Gasteiger partial charge in [0.05, 0.1) is 0 Å². The van der Waals surface area contributed by atoms with E-state index in [1.54, 1.807) is 0 Å². The van der Waals surface area contributed by atoms with E-state index in [4.69, 9.17) is 0 Å². The number of hydrogen-bond acceptors (Lipinski definition) is 1. The van der Waals surface area contributed by atoms with Crippen molar-refractivity contribution in [3.63, 3.8) is 0 Å². The summed E-state index contributed by atoms with van der Waals surface area (Å²) in [5, 5.41) is 0. The molecule has 18 heavy (non-hydrogen) atoms. The quantitative estimate of drug-likeness (QED) is 0.412. The second-order valence-electron chi connectivity index (χ2n) is 3.89. The van der Waals surface area contributed by atoms with Gasteiger partial charge < -0.3 is 6.42 Å². The Morgan fingerprint density at radius 3 is 1.83 bits per heavy atom. The van der Waals surface area contributed by atoms with Crippen LogP contribution in [0.4, 0.5) is 0 Å². The second kappa shape index (κ2) is 10.6. The van der Waals surface area contributed by atoms with Gasteiger partial charge >= 0.3 is 18.9 Å². The van der Waals surface area contributed by atoms with Gasteiger partial charge in [-0.25, -0.2) is 0 Å². The third-order valence-electron chi connectivity index (χ3n) is 2.53. The summed E-state index contributed by atoms with van der Waals surface area (Å²) >= 11 is 6.57. The molecule has 1 atom stereocenters. The molecule has 0 amide bonds. The number of carbonyl (C=O) groups excluding carboxylic acids is 1. The van der Waals surface area contributed by atoms with E-state index in [2.05, 4.69) is 47.5 Å². The summed E-state index contributed by atoms with van der Waals surface area (Å²) in [6, 6.07) is 5.54. The number of carbonyl (C=O) groups is 1. The Bertz CT molecular complexity index is 349. The predicted molar refractivity (Wildman–Crippen MR) is 83.3 cm³/mol. The average molecular weight is 386 g/mol. The van der Waals surface area contributed by atoms with Gasteiger partial charge in [-0.05, 0) is 44.0 Å². The van der Waals surface area contributed by atoms with Crippen molar-refractivity contribution in [2.24, 2.45) is 0 Å². The molecule has 0 aliphatic heterocycles. The first-order chi connectivity index (χ1) is 8.13. The van der Waals surface area contributed by atoms with Gasteiger partial charge in [0.2, 0.25) is 0 Å². The van der Waals surface area contributed by atoms with Crippen molar-refractivity contribution < 1.29 is 23.7 Å². The Hall–Kier alpha value is 0.877. The Kier molecular flexibility index (Phi) is 11.2. The smallest absolute Gasteiger partial charge is 0.328 e. The van der Waals surface area contributed by atoms with E-state index in [9.17, 15) is 4.79 Å². The fourth-order valence-corrected chi connectivity index (χ4v) is 3.75. The Morgan fingerprint density at radius 1 is 1.11 bits per heavy atom. The van der Waals surface area contributed by atoms with E-state index < -0.39 is 0 Å². The summed E-state index contributed by atoms with van der Waals surface area (Å²) in [4.78, 5) is 11.0. The van der Waals surface area contributed by atoms with E-state index in [0.29, 0.717) is 5.56 Å². The Balaban J connectivity index is 0.000000352. The van der Waals surface area contributed by atoms with Crippen molar-refractivity contribution in [2.45, 2.75) is 32.1 Å². The summed E-state index contributed by atoms with van der Waals surface area (Å²) in [5.74, 6) is 0. The first-order valence-electron chi connectivity index (χ1n) is 5.68. The van der Waals surface area contributed by atoms with Crippen molar-refractivity contribution in [1.29, 1.82) is 0 Å². The van der Waals surface area contributed by atoms with E-state index in [1.807, 2.05) is 18.2 Å². The Morgan fingerprint density at radius 2 is 1.61 bits per heavy atom.